The van der Waals surface area contributed by atoms with Gasteiger partial charge in [0.25, 0.3) is 0 Å². The summed E-state index contributed by atoms with van der Waals surface area (Å²) in [6, 6.07) is 10.0. The first-order valence-electron chi connectivity index (χ1n) is 5.71. The summed E-state index contributed by atoms with van der Waals surface area (Å²) >= 11 is 6.55. The molecule has 19 heavy (non-hydrogen) atoms. The van der Waals surface area contributed by atoms with Crippen molar-refractivity contribution in [3.8, 4) is 6.07 Å². The average Bonchev–Trinajstić information content (AvgIpc) is 2.78. The van der Waals surface area contributed by atoms with Gasteiger partial charge in [-0.3, -0.25) is 10.3 Å². The Morgan fingerprint density at radius 2 is 2.26 bits per heavy atom. The van der Waals surface area contributed by atoms with Gasteiger partial charge >= 0.3 is 0 Å². The maximum Gasteiger partial charge on any atom is 0.116 e. The van der Waals surface area contributed by atoms with Crippen LogP contribution in [-0.4, -0.2) is 10.8 Å². The van der Waals surface area contributed by atoms with E-state index in [1.54, 1.807) is 4.90 Å². The van der Waals surface area contributed by atoms with Gasteiger partial charge in [0.15, 0.2) is 0 Å². The molecule has 94 valence electrons. The number of nitriles is 1. The Bertz CT molecular complexity index is 671. The third-order valence-corrected chi connectivity index (χ3v) is 4.70. The number of para-hydroxylation sites is 1. The van der Waals surface area contributed by atoms with Gasteiger partial charge in [-0.05, 0) is 12.1 Å². The number of hydrogen-bond acceptors (Lipinski definition) is 4. The van der Waals surface area contributed by atoms with Crippen LogP contribution in [0.15, 0.2) is 39.8 Å². The molecule has 0 saturated carbocycles. The Morgan fingerprint density at radius 3 is 2.95 bits per heavy atom. The first-order chi connectivity index (χ1) is 9.13. The van der Waals surface area contributed by atoms with Gasteiger partial charge in [0.2, 0.25) is 0 Å². The van der Waals surface area contributed by atoms with Crippen molar-refractivity contribution in [3.63, 3.8) is 0 Å². The van der Waals surface area contributed by atoms with E-state index in [1.165, 1.54) is 11.8 Å². The predicted octanol–water partition coefficient (Wildman–Crippen LogP) is 2.62. The molecule has 3 N–H and O–H groups in total. The van der Waals surface area contributed by atoms with Crippen molar-refractivity contribution < 1.29 is 0 Å². The Labute approximate surface area is 120 Å². The Morgan fingerprint density at radius 1 is 1.53 bits per heavy atom. The van der Waals surface area contributed by atoms with Gasteiger partial charge in [0.1, 0.15) is 5.84 Å². The Hall–Kier alpha value is -1.84. The number of amidine groups is 1. The molecule has 2 heterocycles. The number of nitrogens with two attached hydrogens (primary N) is 1. The number of nitrogens with one attached hydrogen (secondary N) is 1. The topological polar surface area (TPSA) is 76.9 Å². The van der Waals surface area contributed by atoms with Crippen molar-refractivity contribution in [2.45, 2.75) is 11.3 Å². The van der Waals surface area contributed by atoms with E-state index in [1.807, 2.05) is 24.3 Å². The lowest BCUT2D eigenvalue weighted by Gasteiger charge is -2.31. The fourth-order valence-corrected chi connectivity index (χ4v) is 3.65. The lowest BCUT2D eigenvalue weighted by Crippen LogP contribution is -2.42. The average molecular weight is 286 g/mol. The summed E-state index contributed by atoms with van der Waals surface area (Å²) in [5, 5.41) is 18.4. The predicted molar refractivity (Wildman–Crippen MR) is 80.0 cm³/mol. The molecule has 1 aromatic carbocycles. The summed E-state index contributed by atoms with van der Waals surface area (Å²) in [5.41, 5.74) is 7.28. The minimum Gasteiger partial charge on any atom is -0.393 e. The van der Waals surface area contributed by atoms with Crippen molar-refractivity contribution in [2.24, 2.45) is 11.7 Å². The highest BCUT2D eigenvalue weighted by atomic mass is 32.2. The molecule has 1 atom stereocenters. The zero-order chi connectivity index (χ0) is 13.6. The molecule has 4 nitrogen and oxygen atoms in total. The number of hydrogen-bond donors (Lipinski definition) is 2. The maximum absolute atomic E-state index is 9.30. The molecule has 0 aliphatic carbocycles. The zero-order valence-electron chi connectivity index (χ0n) is 9.88. The Balaban J connectivity index is 2.18. The van der Waals surface area contributed by atoms with Crippen LogP contribution in [0.25, 0.3) is 0 Å². The molecule has 3 rings (SSSR count). The molecular weight excluding hydrogens is 276 g/mol. The summed E-state index contributed by atoms with van der Waals surface area (Å²) in [4.78, 5) is 3.12. The van der Waals surface area contributed by atoms with Crippen LogP contribution in [-0.2, 0) is 0 Å². The fourth-order valence-electron chi connectivity index (χ4n) is 2.30. The zero-order valence-corrected chi connectivity index (χ0v) is 11.5. The molecule has 1 aromatic rings. The van der Waals surface area contributed by atoms with Gasteiger partial charge in [-0.1, -0.05) is 36.1 Å². The van der Waals surface area contributed by atoms with Crippen LogP contribution >= 0.6 is 24.0 Å². The van der Waals surface area contributed by atoms with E-state index < -0.39 is 0 Å². The van der Waals surface area contributed by atoms with E-state index >= 15 is 0 Å². The lowest BCUT2D eigenvalue weighted by atomic mass is 9.94. The van der Waals surface area contributed by atoms with Gasteiger partial charge < -0.3 is 5.73 Å². The summed E-state index contributed by atoms with van der Waals surface area (Å²) in [5.74, 6) is -0.000828. The number of allylic oxidation sites excluding steroid dienone is 1. The molecule has 0 spiro atoms. The van der Waals surface area contributed by atoms with Crippen LogP contribution in [0.1, 0.15) is 6.42 Å². The standard InChI is InChI=1S/C13H10N4S2/c14-6-7-5-8(12(16)18)11(15)17-9-3-1-2-4-10(9)19-13(7)17/h1-4,8,15H,5H2,(H2,16,18). The fraction of sp³-hybridized carbons (Fsp3) is 0.154. The maximum atomic E-state index is 9.30. The normalized spacial score (nSPS) is 20.9. The number of rotatable bonds is 1. The summed E-state index contributed by atoms with van der Waals surface area (Å²) in [7, 11) is 0. The second kappa shape index (κ2) is 4.37. The van der Waals surface area contributed by atoms with E-state index in [0.29, 0.717) is 17.8 Å². The molecule has 0 radical (unpaired) electrons. The van der Waals surface area contributed by atoms with Crippen LogP contribution < -0.4 is 10.6 Å². The molecule has 0 amide bonds. The first-order valence-corrected chi connectivity index (χ1v) is 6.94. The second-order valence-corrected chi connectivity index (χ2v) is 5.85. The second-order valence-electron chi connectivity index (χ2n) is 4.35. The minimum atomic E-state index is -0.361. The lowest BCUT2D eigenvalue weighted by molar-refractivity contribution is 0.844. The highest BCUT2D eigenvalue weighted by Crippen LogP contribution is 2.50. The smallest absolute Gasteiger partial charge is 0.116 e. The van der Waals surface area contributed by atoms with Crippen LogP contribution in [0.5, 0.6) is 0 Å². The Kier molecular flexibility index (Phi) is 2.81. The van der Waals surface area contributed by atoms with Crippen molar-refractivity contribution in [1.29, 1.82) is 10.7 Å². The number of nitrogens with zero attached hydrogens (tertiary/aromatic N) is 2. The summed E-state index contributed by atoms with van der Waals surface area (Å²) in [6.07, 6.45) is 0.428. The van der Waals surface area contributed by atoms with Gasteiger partial charge in [0.05, 0.1) is 33.3 Å². The molecule has 0 fully saturated rings. The van der Waals surface area contributed by atoms with Gasteiger partial charge in [0, 0.05) is 11.3 Å². The van der Waals surface area contributed by atoms with Gasteiger partial charge in [-0.15, -0.1) is 0 Å². The molecule has 0 saturated heterocycles. The van der Waals surface area contributed by atoms with Crippen molar-refractivity contribution in [2.75, 3.05) is 4.90 Å². The number of thiocarbonyl (C=S) groups is 1. The molecule has 6 heteroatoms. The van der Waals surface area contributed by atoms with Crippen molar-refractivity contribution >= 4 is 40.5 Å². The minimum absolute atomic E-state index is 0.270. The third-order valence-electron chi connectivity index (χ3n) is 3.23. The van der Waals surface area contributed by atoms with Crippen LogP contribution in [0.2, 0.25) is 0 Å². The van der Waals surface area contributed by atoms with Crippen LogP contribution in [0.4, 0.5) is 5.69 Å². The van der Waals surface area contributed by atoms with E-state index in [9.17, 15) is 5.26 Å². The molecule has 0 aromatic heterocycles. The first kappa shape index (κ1) is 12.2. The van der Waals surface area contributed by atoms with Crippen LogP contribution in [0.3, 0.4) is 0 Å². The highest BCUT2D eigenvalue weighted by molar-refractivity contribution is 8.03. The van der Waals surface area contributed by atoms with E-state index in [-0.39, 0.29) is 10.9 Å². The monoisotopic (exact) mass is 286 g/mol. The molecule has 1 unspecified atom stereocenters. The van der Waals surface area contributed by atoms with E-state index in [2.05, 4.69) is 6.07 Å². The molecule has 0 bridgehead atoms. The van der Waals surface area contributed by atoms with E-state index in [0.717, 1.165) is 15.6 Å². The molecule has 2 aliphatic heterocycles. The third kappa shape index (κ3) is 1.74. The summed E-state index contributed by atoms with van der Waals surface area (Å²) in [6.45, 7) is 0. The van der Waals surface area contributed by atoms with E-state index in [4.69, 9.17) is 23.4 Å². The van der Waals surface area contributed by atoms with Crippen LogP contribution in [0, 0.1) is 22.7 Å². The number of anilines is 1. The molecule has 2 aliphatic rings. The summed E-state index contributed by atoms with van der Waals surface area (Å²) < 4.78 is 0. The number of fused-ring (bicyclic) bond motifs is 3. The number of thioether (sulfide) groups is 1. The van der Waals surface area contributed by atoms with Gasteiger partial charge in [-0.2, -0.15) is 5.26 Å². The quantitative estimate of drug-likeness (QED) is 0.776. The SMILES string of the molecule is N#CC1=C2Sc3ccccc3N2C(=N)C(C(N)=S)C1. The van der Waals surface area contributed by atoms with Crippen molar-refractivity contribution in [1.82, 2.24) is 0 Å². The van der Waals surface area contributed by atoms with Crippen molar-refractivity contribution in [3.05, 3.63) is 34.9 Å². The highest BCUT2D eigenvalue weighted by Gasteiger charge is 2.39. The molecular formula is C13H10N4S2. The largest absolute Gasteiger partial charge is 0.393 e. The number of benzene rings is 1. The van der Waals surface area contributed by atoms with Gasteiger partial charge in [-0.25, -0.2) is 0 Å².